The Hall–Kier alpha value is -2.34. The van der Waals surface area contributed by atoms with Crippen LogP contribution in [0.15, 0.2) is 29.6 Å². The van der Waals surface area contributed by atoms with E-state index in [9.17, 15) is 0 Å². The zero-order chi connectivity index (χ0) is 13.9. The lowest BCUT2D eigenvalue weighted by Crippen LogP contribution is -2.04. The summed E-state index contributed by atoms with van der Waals surface area (Å²) < 4.78 is 5.04. The molecule has 6 heteroatoms. The van der Waals surface area contributed by atoms with E-state index in [0.717, 1.165) is 22.5 Å². The Bertz CT molecular complexity index is 943. The minimum Gasteiger partial charge on any atom is -0.369 e. The topological polar surface area (TPSA) is 61.7 Å². The maximum atomic E-state index is 6.10. The summed E-state index contributed by atoms with van der Waals surface area (Å²) in [5.41, 5.74) is 9.79. The van der Waals surface area contributed by atoms with Gasteiger partial charge in [-0.2, -0.15) is 5.10 Å². The first kappa shape index (κ1) is 11.5. The van der Waals surface area contributed by atoms with Gasteiger partial charge in [0.1, 0.15) is 5.52 Å². The third-order valence-electron chi connectivity index (χ3n) is 3.52. The molecule has 0 saturated carbocycles. The highest BCUT2D eigenvalue weighted by atomic mass is 32.1. The quantitative estimate of drug-likeness (QED) is 0.584. The Balaban J connectivity index is 2.07. The summed E-state index contributed by atoms with van der Waals surface area (Å²) in [6, 6.07) is 8.43. The van der Waals surface area contributed by atoms with E-state index in [1.54, 1.807) is 11.3 Å². The molecule has 0 aliphatic carbocycles. The first-order chi connectivity index (χ1) is 9.65. The highest BCUT2D eigenvalue weighted by Gasteiger charge is 2.17. The normalized spacial score (nSPS) is 11.7. The molecule has 0 amide bonds. The van der Waals surface area contributed by atoms with Crippen LogP contribution in [0.2, 0.25) is 0 Å². The number of nitrogens with two attached hydrogens (primary N) is 1. The van der Waals surface area contributed by atoms with E-state index in [4.69, 9.17) is 5.73 Å². The fourth-order valence-corrected chi connectivity index (χ4v) is 3.41. The van der Waals surface area contributed by atoms with Crippen LogP contribution >= 0.6 is 11.3 Å². The van der Waals surface area contributed by atoms with Crippen molar-refractivity contribution in [1.29, 1.82) is 0 Å². The molecule has 100 valence electrons. The number of anilines is 1. The first-order valence-corrected chi connectivity index (χ1v) is 7.18. The smallest absolute Gasteiger partial charge is 0.207 e. The number of aryl methyl sites for hydroxylation is 2. The molecule has 3 heterocycles. The van der Waals surface area contributed by atoms with Crippen molar-refractivity contribution in [3.8, 4) is 5.69 Å². The van der Waals surface area contributed by atoms with E-state index < -0.39 is 0 Å². The second-order valence-electron chi connectivity index (χ2n) is 4.83. The summed E-state index contributed by atoms with van der Waals surface area (Å²) >= 11 is 1.73. The van der Waals surface area contributed by atoms with Gasteiger partial charge in [0.05, 0.1) is 11.4 Å². The molecule has 0 atom stereocenters. The minimum atomic E-state index is 0.491. The van der Waals surface area contributed by atoms with Crippen LogP contribution in [-0.4, -0.2) is 19.3 Å². The summed E-state index contributed by atoms with van der Waals surface area (Å²) in [7, 11) is 1.91. The van der Waals surface area contributed by atoms with E-state index in [1.807, 2.05) is 23.2 Å². The number of hydrogen-bond acceptors (Lipinski definition) is 4. The number of imidazole rings is 1. The number of nitrogens with zero attached hydrogens (tertiary/aromatic N) is 4. The molecule has 2 N–H and O–H groups in total. The monoisotopic (exact) mass is 283 g/mol. The molecule has 5 nitrogen and oxygen atoms in total. The molecular weight excluding hydrogens is 270 g/mol. The molecule has 0 fully saturated rings. The van der Waals surface area contributed by atoms with Gasteiger partial charge >= 0.3 is 0 Å². The third kappa shape index (κ3) is 1.42. The number of thiophene rings is 1. The van der Waals surface area contributed by atoms with Crippen molar-refractivity contribution in [1.82, 2.24) is 19.3 Å². The van der Waals surface area contributed by atoms with Gasteiger partial charge in [-0.1, -0.05) is 0 Å². The number of rotatable bonds is 1. The first-order valence-electron chi connectivity index (χ1n) is 6.30. The highest BCUT2D eigenvalue weighted by molar-refractivity contribution is 7.17. The lowest BCUT2D eigenvalue weighted by atomic mass is 10.2. The van der Waals surface area contributed by atoms with Crippen LogP contribution in [0.5, 0.6) is 0 Å². The summed E-state index contributed by atoms with van der Waals surface area (Å²) in [5, 5.41) is 7.72. The van der Waals surface area contributed by atoms with Crippen LogP contribution < -0.4 is 5.73 Å². The Morgan fingerprint density at radius 1 is 1.25 bits per heavy atom. The minimum absolute atomic E-state index is 0.491. The maximum Gasteiger partial charge on any atom is 0.207 e. The van der Waals surface area contributed by atoms with Gasteiger partial charge in [0.25, 0.3) is 0 Å². The van der Waals surface area contributed by atoms with Crippen molar-refractivity contribution in [2.45, 2.75) is 6.92 Å². The lowest BCUT2D eigenvalue weighted by molar-refractivity contribution is 0.762. The standard InChI is InChI=1S/C14H13N5S/c1-8-12-13(18(2)17-8)19(14(15)16-12)10-3-4-11-9(7-10)5-6-20-11/h3-7H,1-2H3,(H2,15,16). The molecule has 0 bridgehead atoms. The van der Waals surface area contributed by atoms with Gasteiger partial charge in [-0.15, -0.1) is 11.3 Å². The SMILES string of the molecule is Cc1nn(C)c2c1nc(N)n2-c1ccc2sccc2c1. The van der Waals surface area contributed by atoms with E-state index in [1.165, 1.54) is 10.1 Å². The fraction of sp³-hybridized carbons (Fsp3) is 0.143. The summed E-state index contributed by atoms with van der Waals surface area (Å²) in [4.78, 5) is 4.44. The van der Waals surface area contributed by atoms with Crippen molar-refractivity contribution in [2.24, 2.45) is 7.05 Å². The summed E-state index contributed by atoms with van der Waals surface area (Å²) in [6.45, 7) is 1.95. The molecule has 0 saturated heterocycles. The molecule has 4 aromatic rings. The van der Waals surface area contributed by atoms with Crippen LogP contribution in [0, 0.1) is 6.92 Å². The Morgan fingerprint density at radius 3 is 2.95 bits per heavy atom. The second kappa shape index (κ2) is 3.83. The predicted octanol–water partition coefficient (Wildman–Crippen LogP) is 2.86. The van der Waals surface area contributed by atoms with Crippen LogP contribution in [-0.2, 0) is 7.05 Å². The molecular formula is C14H13N5S. The van der Waals surface area contributed by atoms with E-state index >= 15 is 0 Å². The molecule has 1 aromatic carbocycles. The van der Waals surface area contributed by atoms with Gasteiger partial charge in [0.15, 0.2) is 5.65 Å². The third-order valence-corrected chi connectivity index (χ3v) is 4.42. The molecule has 3 aromatic heterocycles. The van der Waals surface area contributed by atoms with Gasteiger partial charge in [0, 0.05) is 11.7 Å². The number of fused-ring (bicyclic) bond motifs is 2. The van der Waals surface area contributed by atoms with Gasteiger partial charge in [0.2, 0.25) is 5.95 Å². The molecule has 0 aliphatic rings. The number of nitrogen functional groups attached to an aromatic ring is 1. The number of hydrogen-bond donors (Lipinski definition) is 1. The van der Waals surface area contributed by atoms with Crippen molar-refractivity contribution >= 4 is 38.5 Å². The van der Waals surface area contributed by atoms with Crippen molar-refractivity contribution in [2.75, 3.05) is 5.73 Å². The maximum absolute atomic E-state index is 6.10. The van der Waals surface area contributed by atoms with Gasteiger partial charge in [-0.3, -0.25) is 4.57 Å². The molecule has 0 radical (unpaired) electrons. The molecule has 0 aliphatic heterocycles. The molecule has 4 rings (SSSR count). The predicted molar refractivity (Wildman–Crippen MR) is 82.4 cm³/mol. The van der Waals surface area contributed by atoms with E-state index in [-0.39, 0.29) is 0 Å². The number of benzene rings is 1. The average molecular weight is 283 g/mol. The highest BCUT2D eigenvalue weighted by Crippen LogP contribution is 2.28. The Morgan fingerprint density at radius 2 is 2.10 bits per heavy atom. The molecule has 0 spiro atoms. The second-order valence-corrected chi connectivity index (χ2v) is 5.78. The van der Waals surface area contributed by atoms with E-state index in [0.29, 0.717) is 5.95 Å². The van der Waals surface area contributed by atoms with Crippen LogP contribution in [0.25, 0.3) is 26.9 Å². The van der Waals surface area contributed by atoms with Crippen LogP contribution in [0.4, 0.5) is 5.95 Å². The summed E-state index contributed by atoms with van der Waals surface area (Å²) in [5.74, 6) is 0.491. The molecule has 20 heavy (non-hydrogen) atoms. The van der Waals surface area contributed by atoms with Gasteiger partial charge < -0.3 is 5.73 Å². The van der Waals surface area contributed by atoms with E-state index in [2.05, 4.69) is 39.7 Å². The Kier molecular flexibility index (Phi) is 2.20. The van der Waals surface area contributed by atoms with Crippen LogP contribution in [0.3, 0.4) is 0 Å². The largest absolute Gasteiger partial charge is 0.369 e. The Labute approximate surface area is 119 Å². The molecule has 0 unspecified atom stereocenters. The van der Waals surface area contributed by atoms with Crippen LogP contribution in [0.1, 0.15) is 5.69 Å². The summed E-state index contributed by atoms with van der Waals surface area (Å²) in [6.07, 6.45) is 0. The lowest BCUT2D eigenvalue weighted by Gasteiger charge is -2.07. The van der Waals surface area contributed by atoms with Crippen molar-refractivity contribution in [3.05, 3.63) is 35.3 Å². The fourth-order valence-electron chi connectivity index (χ4n) is 2.64. The zero-order valence-electron chi connectivity index (χ0n) is 11.2. The van der Waals surface area contributed by atoms with Crippen molar-refractivity contribution in [3.63, 3.8) is 0 Å². The van der Waals surface area contributed by atoms with Gasteiger partial charge in [-0.05, 0) is 42.0 Å². The average Bonchev–Trinajstić information content (AvgIpc) is 3.06. The number of aromatic nitrogens is 4. The zero-order valence-corrected chi connectivity index (χ0v) is 12.0. The van der Waals surface area contributed by atoms with Gasteiger partial charge in [-0.25, -0.2) is 9.67 Å². The van der Waals surface area contributed by atoms with Crippen molar-refractivity contribution < 1.29 is 0 Å².